The van der Waals surface area contributed by atoms with Gasteiger partial charge in [0.2, 0.25) is 5.88 Å². The lowest BCUT2D eigenvalue weighted by Gasteiger charge is -2.38. The summed E-state index contributed by atoms with van der Waals surface area (Å²) in [5, 5.41) is 12.7. The van der Waals surface area contributed by atoms with Gasteiger partial charge in [-0.05, 0) is 48.9 Å². The maximum absolute atomic E-state index is 12.6. The molecule has 0 radical (unpaired) electrons. The molecule has 1 fully saturated rings. The standard InChI is InChI=1S/C18H21N3O3/c1-24-17-11-13(4-7-20-17)18(23)21-16(14-9-15(22)10-14)8-12-2-5-19-6-3-12/h2-7,11,14-16,22H,8-10H2,1H3,(H,21,23). The fourth-order valence-corrected chi connectivity index (χ4v) is 2.98. The molecule has 6 nitrogen and oxygen atoms in total. The van der Waals surface area contributed by atoms with E-state index in [-0.39, 0.29) is 24.0 Å². The Bertz CT molecular complexity index is 687. The third kappa shape index (κ3) is 3.89. The quantitative estimate of drug-likeness (QED) is 0.842. The van der Waals surface area contributed by atoms with Gasteiger partial charge in [-0.3, -0.25) is 9.78 Å². The maximum atomic E-state index is 12.6. The molecular formula is C18H21N3O3. The summed E-state index contributed by atoms with van der Waals surface area (Å²) >= 11 is 0. The molecule has 0 aromatic carbocycles. The Morgan fingerprint density at radius 3 is 2.75 bits per heavy atom. The van der Waals surface area contributed by atoms with Crippen molar-refractivity contribution in [3.63, 3.8) is 0 Å². The number of nitrogens with one attached hydrogen (secondary N) is 1. The fourth-order valence-electron chi connectivity index (χ4n) is 2.98. The predicted octanol–water partition coefficient (Wildman–Crippen LogP) is 1.60. The summed E-state index contributed by atoms with van der Waals surface area (Å²) < 4.78 is 5.07. The van der Waals surface area contributed by atoms with Crippen LogP contribution in [0.5, 0.6) is 5.88 Å². The van der Waals surface area contributed by atoms with Gasteiger partial charge < -0.3 is 15.2 Å². The van der Waals surface area contributed by atoms with Gasteiger partial charge in [-0.1, -0.05) is 0 Å². The third-order valence-corrected chi connectivity index (χ3v) is 4.45. The van der Waals surface area contributed by atoms with Crippen LogP contribution in [-0.2, 0) is 6.42 Å². The maximum Gasteiger partial charge on any atom is 0.251 e. The zero-order valence-corrected chi connectivity index (χ0v) is 13.6. The van der Waals surface area contributed by atoms with Crippen LogP contribution >= 0.6 is 0 Å². The summed E-state index contributed by atoms with van der Waals surface area (Å²) in [5.41, 5.74) is 1.63. The van der Waals surface area contributed by atoms with E-state index in [1.54, 1.807) is 30.7 Å². The van der Waals surface area contributed by atoms with Crippen molar-refractivity contribution in [2.45, 2.75) is 31.4 Å². The number of aliphatic hydroxyl groups is 1. The van der Waals surface area contributed by atoms with Gasteiger partial charge in [0.15, 0.2) is 0 Å². The van der Waals surface area contributed by atoms with Gasteiger partial charge in [0.1, 0.15) is 0 Å². The average Bonchev–Trinajstić information content (AvgIpc) is 2.59. The molecule has 2 heterocycles. The van der Waals surface area contributed by atoms with Crippen LogP contribution in [0.3, 0.4) is 0 Å². The molecule has 1 atom stereocenters. The van der Waals surface area contributed by atoms with Crippen LogP contribution in [0.1, 0.15) is 28.8 Å². The molecule has 0 spiro atoms. The number of aromatic nitrogens is 2. The summed E-state index contributed by atoms with van der Waals surface area (Å²) in [6.07, 6.45) is 6.94. The van der Waals surface area contributed by atoms with Gasteiger partial charge in [0, 0.05) is 36.3 Å². The number of hydrogen-bond donors (Lipinski definition) is 2. The van der Waals surface area contributed by atoms with Gasteiger partial charge >= 0.3 is 0 Å². The zero-order valence-electron chi connectivity index (χ0n) is 13.6. The average molecular weight is 327 g/mol. The van der Waals surface area contributed by atoms with Crippen molar-refractivity contribution in [1.82, 2.24) is 15.3 Å². The van der Waals surface area contributed by atoms with Crippen LogP contribution in [0.25, 0.3) is 0 Å². The number of carbonyl (C=O) groups excluding carboxylic acids is 1. The molecule has 24 heavy (non-hydrogen) atoms. The highest BCUT2D eigenvalue weighted by Gasteiger charge is 2.34. The number of pyridine rings is 2. The number of ether oxygens (including phenoxy) is 1. The summed E-state index contributed by atoms with van der Waals surface area (Å²) in [5.74, 6) is 0.532. The summed E-state index contributed by atoms with van der Waals surface area (Å²) in [6, 6.07) is 7.15. The van der Waals surface area contributed by atoms with E-state index in [0.29, 0.717) is 17.9 Å². The number of methoxy groups -OCH3 is 1. The molecule has 0 aliphatic heterocycles. The fraction of sp³-hybridized carbons (Fsp3) is 0.389. The van der Waals surface area contributed by atoms with E-state index in [1.165, 1.54) is 7.11 Å². The topological polar surface area (TPSA) is 84.3 Å². The second kappa shape index (κ2) is 7.40. The molecule has 2 aromatic heterocycles. The van der Waals surface area contributed by atoms with E-state index in [2.05, 4.69) is 15.3 Å². The number of rotatable bonds is 6. The van der Waals surface area contributed by atoms with Crippen molar-refractivity contribution in [2.75, 3.05) is 7.11 Å². The number of amides is 1. The van der Waals surface area contributed by atoms with E-state index in [0.717, 1.165) is 18.4 Å². The number of nitrogens with zero attached hydrogens (tertiary/aromatic N) is 2. The third-order valence-electron chi connectivity index (χ3n) is 4.45. The lowest BCUT2D eigenvalue weighted by molar-refractivity contribution is 0.0239. The largest absolute Gasteiger partial charge is 0.481 e. The Morgan fingerprint density at radius 2 is 2.08 bits per heavy atom. The summed E-state index contributed by atoms with van der Waals surface area (Å²) in [7, 11) is 1.52. The van der Waals surface area contributed by atoms with Crippen LogP contribution in [0, 0.1) is 5.92 Å². The van der Waals surface area contributed by atoms with Crippen molar-refractivity contribution in [3.8, 4) is 5.88 Å². The van der Waals surface area contributed by atoms with Crippen molar-refractivity contribution >= 4 is 5.91 Å². The van der Waals surface area contributed by atoms with Crippen molar-refractivity contribution in [2.24, 2.45) is 5.92 Å². The first-order valence-electron chi connectivity index (χ1n) is 8.03. The van der Waals surface area contributed by atoms with E-state index >= 15 is 0 Å². The van der Waals surface area contributed by atoms with E-state index in [4.69, 9.17) is 4.74 Å². The van der Waals surface area contributed by atoms with Crippen LogP contribution in [0.4, 0.5) is 0 Å². The first kappa shape index (κ1) is 16.4. The number of carbonyl (C=O) groups is 1. The zero-order chi connectivity index (χ0) is 16.9. The van der Waals surface area contributed by atoms with Crippen LogP contribution in [0.15, 0.2) is 42.9 Å². The van der Waals surface area contributed by atoms with Crippen LogP contribution in [0.2, 0.25) is 0 Å². The molecule has 1 amide bonds. The Balaban J connectivity index is 1.72. The van der Waals surface area contributed by atoms with Crippen molar-refractivity contribution < 1.29 is 14.6 Å². The SMILES string of the molecule is COc1cc(C(=O)NC(Cc2ccncc2)C2CC(O)C2)ccn1. The van der Waals surface area contributed by atoms with Gasteiger partial charge in [-0.2, -0.15) is 0 Å². The summed E-state index contributed by atoms with van der Waals surface area (Å²) in [6.45, 7) is 0. The Hall–Kier alpha value is -2.47. The Labute approximate surface area is 140 Å². The molecule has 2 aromatic rings. The molecule has 1 unspecified atom stereocenters. The molecule has 3 rings (SSSR count). The predicted molar refractivity (Wildman–Crippen MR) is 88.7 cm³/mol. The summed E-state index contributed by atoms with van der Waals surface area (Å²) in [4.78, 5) is 20.6. The van der Waals surface area contributed by atoms with Crippen LogP contribution < -0.4 is 10.1 Å². The highest BCUT2D eigenvalue weighted by atomic mass is 16.5. The van der Waals surface area contributed by atoms with E-state index in [9.17, 15) is 9.90 Å². The molecular weight excluding hydrogens is 306 g/mol. The van der Waals surface area contributed by atoms with Crippen LogP contribution in [-0.4, -0.2) is 40.2 Å². The molecule has 126 valence electrons. The minimum Gasteiger partial charge on any atom is -0.481 e. The Morgan fingerprint density at radius 1 is 1.33 bits per heavy atom. The first-order valence-corrected chi connectivity index (χ1v) is 8.03. The number of hydrogen-bond acceptors (Lipinski definition) is 5. The monoisotopic (exact) mass is 327 g/mol. The lowest BCUT2D eigenvalue weighted by atomic mass is 9.75. The highest BCUT2D eigenvalue weighted by molar-refractivity contribution is 5.94. The molecule has 0 bridgehead atoms. The normalized spacial score (nSPS) is 20.8. The minimum absolute atomic E-state index is 0.0255. The molecule has 6 heteroatoms. The van der Waals surface area contributed by atoms with Gasteiger partial charge in [0.25, 0.3) is 5.91 Å². The minimum atomic E-state index is -0.257. The van der Waals surface area contributed by atoms with Gasteiger partial charge in [0.05, 0.1) is 13.2 Å². The van der Waals surface area contributed by atoms with Crippen molar-refractivity contribution in [3.05, 3.63) is 54.0 Å². The van der Waals surface area contributed by atoms with E-state index < -0.39 is 0 Å². The van der Waals surface area contributed by atoms with E-state index in [1.807, 2.05) is 12.1 Å². The second-order valence-electron chi connectivity index (χ2n) is 6.11. The first-order chi connectivity index (χ1) is 11.7. The molecule has 1 aliphatic carbocycles. The molecule has 0 saturated heterocycles. The van der Waals surface area contributed by atoms with Crippen molar-refractivity contribution in [1.29, 1.82) is 0 Å². The highest BCUT2D eigenvalue weighted by Crippen LogP contribution is 2.32. The molecule has 1 aliphatic rings. The van der Waals surface area contributed by atoms with Gasteiger partial charge in [-0.25, -0.2) is 4.98 Å². The smallest absolute Gasteiger partial charge is 0.251 e. The van der Waals surface area contributed by atoms with Gasteiger partial charge in [-0.15, -0.1) is 0 Å². The lowest BCUT2D eigenvalue weighted by Crippen LogP contribution is -2.48. The Kier molecular flexibility index (Phi) is 5.05. The molecule has 2 N–H and O–H groups in total. The number of aliphatic hydroxyl groups excluding tert-OH is 1. The second-order valence-corrected chi connectivity index (χ2v) is 6.11. The molecule has 1 saturated carbocycles.